The molecule has 1 saturated carbocycles. The SMILES string of the molecule is CCCc1c(-c2ccc(OC(F)F)c(OC3CC3)c2)[nH]c2cnn(COCC[Si](C)(C)C)c(=O)c12. The topological polar surface area (TPSA) is 78.4 Å². The summed E-state index contributed by atoms with van der Waals surface area (Å²) >= 11 is 0. The number of halogens is 2. The van der Waals surface area contributed by atoms with Crippen molar-refractivity contribution in [3.05, 3.63) is 40.3 Å². The molecule has 0 unspecified atom stereocenters. The Labute approximate surface area is 204 Å². The summed E-state index contributed by atoms with van der Waals surface area (Å²) in [7, 11) is -1.23. The highest BCUT2D eigenvalue weighted by Gasteiger charge is 2.26. The van der Waals surface area contributed by atoms with Crippen LogP contribution in [0.4, 0.5) is 8.78 Å². The maximum absolute atomic E-state index is 13.3. The number of H-pyrrole nitrogens is 1. The number of hydrogen-bond donors (Lipinski definition) is 1. The van der Waals surface area contributed by atoms with E-state index >= 15 is 0 Å². The molecule has 0 bridgehead atoms. The predicted molar refractivity (Wildman–Crippen MR) is 134 cm³/mol. The minimum absolute atomic E-state index is 0.00305. The Balaban J connectivity index is 1.69. The van der Waals surface area contributed by atoms with Crippen molar-refractivity contribution < 1.29 is 23.0 Å². The van der Waals surface area contributed by atoms with Gasteiger partial charge in [0.2, 0.25) is 0 Å². The first kappa shape index (κ1) is 25.4. The summed E-state index contributed by atoms with van der Waals surface area (Å²) in [4.78, 5) is 16.7. The second-order valence-corrected chi connectivity index (χ2v) is 15.8. The zero-order valence-electron chi connectivity index (χ0n) is 20.7. The number of ether oxygens (including phenoxy) is 3. The zero-order valence-corrected chi connectivity index (χ0v) is 21.7. The van der Waals surface area contributed by atoms with Gasteiger partial charge in [-0.2, -0.15) is 13.9 Å². The van der Waals surface area contributed by atoms with Crippen molar-refractivity contribution >= 4 is 19.0 Å². The minimum Gasteiger partial charge on any atom is -0.487 e. The van der Waals surface area contributed by atoms with Crippen molar-refractivity contribution in [2.75, 3.05) is 6.61 Å². The maximum atomic E-state index is 13.3. The Bertz CT molecular complexity index is 1230. The van der Waals surface area contributed by atoms with Crippen LogP contribution < -0.4 is 15.0 Å². The number of benzene rings is 1. The fourth-order valence-electron chi connectivity index (χ4n) is 3.89. The van der Waals surface area contributed by atoms with Gasteiger partial charge in [-0.1, -0.05) is 33.0 Å². The number of alkyl halides is 2. The van der Waals surface area contributed by atoms with Gasteiger partial charge in [-0.15, -0.1) is 0 Å². The molecule has 1 N–H and O–H groups in total. The molecule has 0 amide bonds. The minimum atomic E-state index is -2.94. The molecule has 35 heavy (non-hydrogen) atoms. The van der Waals surface area contributed by atoms with Crippen LogP contribution in [0.1, 0.15) is 31.7 Å². The van der Waals surface area contributed by atoms with Crippen LogP contribution >= 0.6 is 0 Å². The van der Waals surface area contributed by atoms with Gasteiger partial charge in [-0.25, -0.2) is 4.68 Å². The van der Waals surface area contributed by atoms with E-state index in [1.807, 2.05) is 6.92 Å². The molecule has 2 aromatic heterocycles. The number of nitrogens with zero attached hydrogens (tertiary/aromatic N) is 2. The van der Waals surface area contributed by atoms with Crippen molar-refractivity contribution in [3.8, 4) is 22.8 Å². The fraction of sp³-hybridized carbons (Fsp3) is 0.520. The summed E-state index contributed by atoms with van der Waals surface area (Å²) in [5, 5.41) is 4.86. The molecule has 1 aliphatic carbocycles. The van der Waals surface area contributed by atoms with E-state index in [-0.39, 0.29) is 29.9 Å². The molecule has 3 aromatic rings. The molecule has 4 rings (SSSR count). The first-order chi connectivity index (χ1) is 16.7. The van der Waals surface area contributed by atoms with Gasteiger partial charge in [0.15, 0.2) is 11.5 Å². The molecule has 0 atom stereocenters. The molecule has 0 aliphatic heterocycles. The third kappa shape index (κ3) is 6.29. The van der Waals surface area contributed by atoms with E-state index in [1.165, 1.54) is 10.7 Å². The summed E-state index contributed by atoms with van der Waals surface area (Å²) in [6, 6.07) is 5.90. The molecule has 0 saturated heterocycles. The van der Waals surface area contributed by atoms with Crippen molar-refractivity contribution in [2.24, 2.45) is 0 Å². The number of aryl methyl sites for hydroxylation is 1. The van der Waals surface area contributed by atoms with E-state index in [0.29, 0.717) is 23.9 Å². The van der Waals surface area contributed by atoms with Gasteiger partial charge in [-0.3, -0.25) is 4.79 Å². The van der Waals surface area contributed by atoms with Crippen LogP contribution in [0.25, 0.3) is 22.2 Å². The molecule has 0 spiro atoms. The summed E-state index contributed by atoms with van der Waals surface area (Å²) in [5.74, 6) is 0.279. The van der Waals surface area contributed by atoms with Crippen molar-refractivity contribution in [2.45, 2.75) is 77.7 Å². The summed E-state index contributed by atoms with van der Waals surface area (Å²) in [5.41, 5.74) is 2.77. The molecule has 2 heterocycles. The molecule has 1 aliphatic rings. The Kier molecular flexibility index (Phi) is 7.61. The molecule has 1 aromatic carbocycles. The molecule has 7 nitrogen and oxygen atoms in total. The quantitative estimate of drug-likeness (QED) is 0.249. The Hall–Kier alpha value is -2.72. The smallest absolute Gasteiger partial charge is 0.387 e. The van der Waals surface area contributed by atoms with E-state index < -0.39 is 14.7 Å². The number of nitrogens with one attached hydrogen (secondary N) is 1. The Morgan fingerprint density at radius 1 is 1.23 bits per heavy atom. The highest BCUT2D eigenvalue weighted by atomic mass is 28.3. The highest BCUT2D eigenvalue weighted by molar-refractivity contribution is 6.76. The lowest BCUT2D eigenvalue weighted by Gasteiger charge is -2.15. The van der Waals surface area contributed by atoms with E-state index in [4.69, 9.17) is 9.47 Å². The molecular formula is C25H33F2N3O4Si. The first-order valence-electron chi connectivity index (χ1n) is 12.1. The van der Waals surface area contributed by atoms with Gasteiger partial charge in [0, 0.05) is 20.2 Å². The predicted octanol–water partition coefficient (Wildman–Crippen LogP) is 5.80. The second-order valence-electron chi connectivity index (χ2n) is 10.2. The van der Waals surface area contributed by atoms with Crippen LogP contribution in [-0.2, 0) is 17.9 Å². The number of fused-ring (bicyclic) bond motifs is 1. The summed E-state index contributed by atoms with van der Waals surface area (Å²) < 4.78 is 43.4. The van der Waals surface area contributed by atoms with Gasteiger partial charge in [0.05, 0.1) is 28.9 Å². The van der Waals surface area contributed by atoms with Crippen LogP contribution in [-0.4, -0.2) is 42.2 Å². The highest BCUT2D eigenvalue weighted by Crippen LogP contribution is 2.39. The summed E-state index contributed by atoms with van der Waals surface area (Å²) in [6.07, 6.45) is 4.91. The lowest BCUT2D eigenvalue weighted by atomic mass is 10.0. The van der Waals surface area contributed by atoms with E-state index in [0.717, 1.165) is 42.1 Å². The molecule has 0 radical (unpaired) electrons. The van der Waals surface area contributed by atoms with Gasteiger partial charge in [-0.05, 0) is 49.1 Å². The third-order valence-electron chi connectivity index (χ3n) is 5.88. The van der Waals surface area contributed by atoms with Crippen molar-refractivity contribution in [3.63, 3.8) is 0 Å². The molecule has 190 valence electrons. The zero-order chi connectivity index (χ0) is 25.2. The van der Waals surface area contributed by atoms with Crippen LogP contribution in [0, 0.1) is 0 Å². The standard InChI is InChI=1S/C25H33F2N3O4Si/c1-5-6-18-22-19(14-28-30(24(22)31)15-32-11-12-35(2,3)4)29-23(18)16-7-10-20(34-25(26)27)21(13-16)33-17-8-9-17/h7,10,13-14,17,25,29H,5-6,8-9,11-12,15H2,1-4H3. The maximum Gasteiger partial charge on any atom is 0.387 e. The van der Waals surface area contributed by atoms with Crippen LogP contribution in [0.2, 0.25) is 25.7 Å². The van der Waals surface area contributed by atoms with E-state index in [9.17, 15) is 13.6 Å². The average molecular weight is 506 g/mol. The second kappa shape index (κ2) is 10.5. The fourth-order valence-corrected chi connectivity index (χ4v) is 4.65. The number of aromatic amines is 1. The van der Waals surface area contributed by atoms with Crippen molar-refractivity contribution in [1.29, 1.82) is 0 Å². The van der Waals surface area contributed by atoms with Gasteiger partial charge in [0.1, 0.15) is 6.73 Å². The Morgan fingerprint density at radius 2 is 2.00 bits per heavy atom. The lowest BCUT2D eigenvalue weighted by molar-refractivity contribution is -0.0516. The monoisotopic (exact) mass is 505 g/mol. The molecular weight excluding hydrogens is 472 g/mol. The Morgan fingerprint density at radius 3 is 2.66 bits per heavy atom. The average Bonchev–Trinajstić information content (AvgIpc) is 3.52. The molecule has 1 fully saturated rings. The first-order valence-corrected chi connectivity index (χ1v) is 15.8. The number of hydrogen-bond acceptors (Lipinski definition) is 5. The third-order valence-corrected chi connectivity index (χ3v) is 7.59. The van der Waals surface area contributed by atoms with Crippen LogP contribution in [0.15, 0.2) is 29.2 Å². The van der Waals surface area contributed by atoms with E-state index in [1.54, 1.807) is 18.3 Å². The van der Waals surface area contributed by atoms with Crippen LogP contribution in [0.3, 0.4) is 0 Å². The van der Waals surface area contributed by atoms with Crippen LogP contribution in [0.5, 0.6) is 11.5 Å². The normalized spacial score (nSPS) is 14.1. The largest absolute Gasteiger partial charge is 0.487 e. The van der Waals surface area contributed by atoms with E-state index in [2.05, 4.69) is 34.5 Å². The van der Waals surface area contributed by atoms with Gasteiger partial charge >= 0.3 is 6.61 Å². The molecule has 10 heteroatoms. The number of rotatable bonds is 12. The van der Waals surface area contributed by atoms with Crippen molar-refractivity contribution in [1.82, 2.24) is 14.8 Å². The van der Waals surface area contributed by atoms with Gasteiger partial charge < -0.3 is 19.2 Å². The lowest BCUT2D eigenvalue weighted by Crippen LogP contribution is -2.26. The van der Waals surface area contributed by atoms with Gasteiger partial charge in [0.25, 0.3) is 5.56 Å². The number of aromatic nitrogens is 3. The summed E-state index contributed by atoms with van der Waals surface area (Å²) in [6.45, 7) is 6.63.